The van der Waals surface area contributed by atoms with Crippen molar-refractivity contribution in [2.75, 3.05) is 19.7 Å². The minimum absolute atomic E-state index is 0.0282. The van der Waals surface area contributed by atoms with E-state index in [0.29, 0.717) is 31.4 Å². The highest BCUT2D eigenvalue weighted by atomic mass is 16.4. The van der Waals surface area contributed by atoms with Gasteiger partial charge in [-0.15, -0.1) is 0 Å². The standard InChI is InChI=1S/C22H30N4O7/c27-12-17(22(32)33)25-19(29)16(11-13-5-7-14(28)8-6-13)24-20(30)18-4-2-10-26(18)21(31)15-3-1-9-23-15/h5-8,15-18,23,27-28H,1-4,9-12H2,(H,24,30)(H,25,29)(H,32,33). The monoisotopic (exact) mass is 462 g/mol. The summed E-state index contributed by atoms with van der Waals surface area (Å²) < 4.78 is 0. The molecule has 0 radical (unpaired) electrons. The molecule has 6 N–H and O–H groups in total. The molecule has 0 saturated carbocycles. The Bertz CT molecular complexity index is 870. The number of carbonyl (C=O) groups is 4. The van der Waals surface area contributed by atoms with Gasteiger partial charge in [0.25, 0.3) is 0 Å². The van der Waals surface area contributed by atoms with Gasteiger partial charge >= 0.3 is 5.97 Å². The van der Waals surface area contributed by atoms with Gasteiger partial charge in [0, 0.05) is 13.0 Å². The van der Waals surface area contributed by atoms with Gasteiger partial charge in [-0.1, -0.05) is 12.1 Å². The normalized spacial score (nSPS) is 21.9. The first-order valence-electron chi connectivity index (χ1n) is 11.1. The van der Waals surface area contributed by atoms with E-state index in [9.17, 15) is 29.4 Å². The van der Waals surface area contributed by atoms with Crippen LogP contribution < -0.4 is 16.0 Å². The van der Waals surface area contributed by atoms with E-state index >= 15 is 0 Å². The molecule has 2 saturated heterocycles. The molecule has 3 rings (SSSR count). The van der Waals surface area contributed by atoms with Crippen LogP contribution in [0.5, 0.6) is 5.75 Å². The number of likely N-dealkylation sites (tertiary alicyclic amines) is 1. The number of aliphatic carboxylic acids is 1. The van der Waals surface area contributed by atoms with E-state index < -0.39 is 42.5 Å². The molecule has 33 heavy (non-hydrogen) atoms. The molecule has 4 unspecified atom stereocenters. The second-order valence-electron chi connectivity index (χ2n) is 8.35. The third kappa shape index (κ3) is 6.20. The van der Waals surface area contributed by atoms with Crippen LogP contribution in [-0.2, 0) is 25.6 Å². The fourth-order valence-electron chi connectivity index (χ4n) is 4.20. The lowest BCUT2D eigenvalue weighted by Crippen LogP contribution is -2.57. The third-order valence-corrected chi connectivity index (χ3v) is 6.00. The number of nitrogens with zero attached hydrogens (tertiary/aromatic N) is 1. The van der Waals surface area contributed by atoms with Gasteiger partial charge in [-0.05, 0) is 49.9 Å². The van der Waals surface area contributed by atoms with Crippen molar-refractivity contribution in [2.45, 2.75) is 56.3 Å². The van der Waals surface area contributed by atoms with E-state index in [0.717, 1.165) is 13.0 Å². The second-order valence-corrected chi connectivity index (χ2v) is 8.35. The summed E-state index contributed by atoms with van der Waals surface area (Å²) in [4.78, 5) is 51.6. The Kier molecular flexibility index (Phi) is 8.23. The van der Waals surface area contributed by atoms with Gasteiger partial charge in [-0.3, -0.25) is 14.4 Å². The molecule has 2 heterocycles. The first kappa shape index (κ1) is 24.5. The number of amides is 3. The van der Waals surface area contributed by atoms with E-state index in [2.05, 4.69) is 16.0 Å². The largest absolute Gasteiger partial charge is 0.508 e. The number of carboxylic acids is 1. The Morgan fingerprint density at radius 3 is 2.39 bits per heavy atom. The lowest BCUT2D eigenvalue weighted by Gasteiger charge is -2.28. The Morgan fingerprint density at radius 1 is 1.06 bits per heavy atom. The second kappa shape index (κ2) is 11.1. The van der Waals surface area contributed by atoms with Crippen LogP contribution in [0.1, 0.15) is 31.2 Å². The SMILES string of the molecule is O=C(O)C(CO)NC(=O)C(Cc1ccc(O)cc1)NC(=O)C1CCCN1C(=O)C1CCCN1. The molecular weight excluding hydrogens is 432 g/mol. The number of phenols is 1. The maximum absolute atomic E-state index is 13.1. The van der Waals surface area contributed by atoms with E-state index in [-0.39, 0.29) is 24.1 Å². The van der Waals surface area contributed by atoms with Crippen LogP contribution in [0.4, 0.5) is 0 Å². The number of nitrogens with one attached hydrogen (secondary N) is 3. The maximum atomic E-state index is 13.1. The molecule has 2 aliphatic heterocycles. The zero-order valence-electron chi connectivity index (χ0n) is 18.2. The molecule has 0 aromatic heterocycles. The number of aromatic hydroxyl groups is 1. The van der Waals surface area contributed by atoms with Gasteiger partial charge < -0.3 is 36.2 Å². The molecule has 0 aliphatic carbocycles. The zero-order valence-corrected chi connectivity index (χ0v) is 18.2. The predicted molar refractivity (Wildman–Crippen MR) is 116 cm³/mol. The number of phenolic OH excluding ortho intramolecular Hbond substituents is 1. The molecule has 2 fully saturated rings. The van der Waals surface area contributed by atoms with E-state index in [4.69, 9.17) is 5.11 Å². The highest BCUT2D eigenvalue weighted by molar-refractivity contribution is 5.94. The molecule has 1 aromatic rings. The number of hydrogen-bond donors (Lipinski definition) is 6. The van der Waals surface area contributed by atoms with Crippen LogP contribution in [0.25, 0.3) is 0 Å². The minimum atomic E-state index is -1.52. The molecule has 180 valence electrons. The van der Waals surface area contributed by atoms with Crippen LogP contribution in [0.3, 0.4) is 0 Å². The van der Waals surface area contributed by atoms with Crippen LogP contribution in [0, 0.1) is 0 Å². The Morgan fingerprint density at radius 2 is 1.79 bits per heavy atom. The van der Waals surface area contributed by atoms with Gasteiger partial charge in [0.05, 0.1) is 12.6 Å². The topological polar surface area (TPSA) is 168 Å². The van der Waals surface area contributed by atoms with Crippen LogP contribution in [-0.4, -0.2) is 87.8 Å². The van der Waals surface area contributed by atoms with Crippen molar-refractivity contribution >= 4 is 23.7 Å². The maximum Gasteiger partial charge on any atom is 0.328 e. The average molecular weight is 463 g/mol. The van der Waals surface area contributed by atoms with E-state index in [1.165, 1.54) is 12.1 Å². The van der Waals surface area contributed by atoms with Gasteiger partial charge in [-0.25, -0.2) is 4.79 Å². The van der Waals surface area contributed by atoms with Crippen molar-refractivity contribution in [3.63, 3.8) is 0 Å². The van der Waals surface area contributed by atoms with Crippen molar-refractivity contribution in [1.29, 1.82) is 0 Å². The van der Waals surface area contributed by atoms with Crippen molar-refractivity contribution < 1.29 is 34.5 Å². The quantitative estimate of drug-likeness (QED) is 0.264. The number of hydrogen-bond acceptors (Lipinski definition) is 7. The van der Waals surface area contributed by atoms with Gasteiger partial charge in [0.2, 0.25) is 17.7 Å². The molecule has 2 aliphatic rings. The molecule has 0 spiro atoms. The van der Waals surface area contributed by atoms with E-state index in [1.807, 2.05) is 0 Å². The summed E-state index contributed by atoms with van der Waals surface area (Å²) >= 11 is 0. The van der Waals surface area contributed by atoms with Crippen molar-refractivity contribution in [3.8, 4) is 5.75 Å². The Labute approximate surface area is 191 Å². The smallest absolute Gasteiger partial charge is 0.328 e. The number of benzene rings is 1. The predicted octanol–water partition coefficient (Wildman–Crippen LogP) is -1.28. The van der Waals surface area contributed by atoms with E-state index in [1.54, 1.807) is 17.0 Å². The zero-order chi connectivity index (χ0) is 24.0. The fourth-order valence-corrected chi connectivity index (χ4v) is 4.20. The summed E-state index contributed by atoms with van der Waals surface area (Å²) in [5.74, 6) is -2.76. The third-order valence-electron chi connectivity index (χ3n) is 6.00. The first-order chi connectivity index (χ1) is 15.8. The van der Waals surface area contributed by atoms with Crippen molar-refractivity contribution in [2.24, 2.45) is 0 Å². The lowest BCUT2D eigenvalue weighted by atomic mass is 10.0. The number of rotatable bonds is 9. The summed E-state index contributed by atoms with van der Waals surface area (Å²) in [5, 5.41) is 35.9. The van der Waals surface area contributed by atoms with Gasteiger partial charge in [0.15, 0.2) is 0 Å². The number of aliphatic hydroxyl groups excluding tert-OH is 1. The van der Waals surface area contributed by atoms with Crippen molar-refractivity contribution in [3.05, 3.63) is 29.8 Å². The van der Waals surface area contributed by atoms with Crippen molar-refractivity contribution in [1.82, 2.24) is 20.9 Å². The Balaban J connectivity index is 1.73. The average Bonchev–Trinajstić information content (AvgIpc) is 3.50. The number of aliphatic hydroxyl groups is 1. The molecule has 4 atom stereocenters. The highest BCUT2D eigenvalue weighted by Gasteiger charge is 2.39. The molecular formula is C22H30N4O7. The fraction of sp³-hybridized carbons (Fsp3) is 0.545. The summed E-state index contributed by atoms with van der Waals surface area (Å²) in [6.07, 6.45) is 2.77. The summed E-state index contributed by atoms with van der Waals surface area (Å²) in [6.45, 7) is 0.404. The Hall–Kier alpha value is -3.18. The molecule has 1 aromatic carbocycles. The van der Waals surface area contributed by atoms with Gasteiger partial charge in [-0.2, -0.15) is 0 Å². The first-order valence-corrected chi connectivity index (χ1v) is 11.1. The minimum Gasteiger partial charge on any atom is -0.508 e. The summed E-state index contributed by atoms with van der Waals surface area (Å²) in [6, 6.07) is 2.35. The summed E-state index contributed by atoms with van der Waals surface area (Å²) in [7, 11) is 0. The number of carbonyl (C=O) groups excluding carboxylic acids is 3. The highest BCUT2D eigenvalue weighted by Crippen LogP contribution is 2.21. The van der Waals surface area contributed by atoms with Crippen LogP contribution >= 0.6 is 0 Å². The lowest BCUT2D eigenvalue weighted by molar-refractivity contribution is -0.144. The van der Waals surface area contributed by atoms with Crippen LogP contribution in [0.2, 0.25) is 0 Å². The summed E-state index contributed by atoms with van der Waals surface area (Å²) in [5.41, 5.74) is 0.624. The molecule has 11 heteroatoms. The molecule has 0 bridgehead atoms. The molecule has 11 nitrogen and oxygen atoms in total. The number of carboxylic acid groups (broad SMARTS) is 1. The van der Waals surface area contributed by atoms with Crippen LogP contribution in [0.15, 0.2) is 24.3 Å². The van der Waals surface area contributed by atoms with Gasteiger partial charge in [0.1, 0.15) is 23.9 Å². The molecule has 3 amide bonds.